The molecule has 1 fully saturated rings. The number of hydrogen-bond donors (Lipinski definition) is 1. The van der Waals surface area contributed by atoms with E-state index in [4.69, 9.17) is 16.3 Å². The van der Waals surface area contributed by atoms with Crippen LogP contribution < -0.4 is 10.1 Å². The number of nitrogens with one attached hydrogen (secondary N) is 1. The summed E-state index contributed by atoms with van der Waals surface area (Å²) in [4.78, 5) is 12.1. The average Bonchev–Trinajstić information content (AvgIpc) is 2.64. The molecule has 17 heavy (non-hydrogen) atoms. The third-order valence-corrected chi connectivity index (χ3v) is 3.21. The van der Waals surface area contributed by atoms with Crippen molar-refractivity contribution in [3.63, 3.8) is 0 Å². The number of rotatable bonds is 4. The maximum atomic E-state index is 5.83. The van der Waals surface area contributed by atoms with Crippen molar-refractivity contribution in [2.45, 2.75) is 39.2 Å². The highest BCUT2D eigenvalue weighted by molar-refractivity contribution is 6.28. The number of anilines is 1. The lowest BCUT2D eigenvalue weighted by molar-refractivity contribution is 0.311. The molecule has 6 heteroatoms. The van der Waals surface area contributed by atoms with E-state index in [0.29, 0.717) is 24.5 Å². The molecule has 2 atom stereocenters. The highest BCUT2D eigenvalue weighted by Gasteiger charge is 2.24. The molecule has 0 bridgehead atoms. The summed E-state index contributed by atoms with van der Waals surface area (Å²) in [7, 11) is 0. The molecular weight excluding hydrogens is 240 g/mol. The summed E-state index contributed by atoms with van der Waals surface area (Å²) in [6.45, 7) is 4.63. The first-order chi connectivity index (χ1) is 8.19. The highest BCUT2D eigenvalue weighted by Crippen LogP contribution is 2.27. The molecule has 0 saturated heterocycles. The highest BCUT2D eigenvalue weighted by atomic mass is 35.5. The standard InChI is InChI=1S/C11H17ClN4O/c1-3-17-11-15-9(12)14-10(16-11)13-8-6-4-5-7(8)2/h7-8H,3-6H2,1-2H3,(H,13,14,15,16). The summed E-state index contributed by atoms with van der Waals surface area (Å²) in [5.41, 5.74) is 0. The Kier molecular flexibility index (Phi) is 3.99. The van der Waals surface area contributed by atoms with Crippen LogP contribution in [-0.4, -0.2) is 27.6 Å². The van der Waals surface area contributed by atoms with Crippen molar-refractivity contribution < 1.29 is 4.74 Å². The molecular formula is C11H17ClN4O. The predicted molar refractivity (Wildman–Crippen MR) is 66.4 cm³/mol. The zero-order valence-electron chi connectivity index (χ0n) is 10.1. The van der Waals surface area contributed by atoms with Gasteiger partial charge in [0.15, 0.2) is 0 Å². The van der Waals surface area contributed by atoms with Gasteiger partial charge in [-0.05, 0) is 37.3 Å². The van der Waals surface area contributed by atoms with Crippen LogP contribution in [0.25, 0.3) is 0 Å². The van der Waals surface area contributed by atoms with Crippen LogP contribution in [0.4, 0.5) is 5.95 Å². The Labute approximate surface area is 106 Å². The Morgan fingerprint density at radius 3 is 2.82 bits per heavy atom. The summed E-state index contributed by atoms with van der Waals surface area (Å²) >= 11 is 5.83. The first-order valence-corrected chi connectivity index (χ1v) is 6.37. The maximum Gasteiger partial charge on any atom is 0.322 e. The molecule has 1 aliphatic carbocycles. The van der Waals surface area contributed by atoms with E-state index in [1.807, 2.05) is 6.92 Å². The van der Waals surface area contributed by atoms with Crippen LogP contribution in [0.15, 0.2) is 0 Å². The first-order valence-electron chi connectivity index (χ1n) is 6.00. The van der Waals surface area contributed by atoms with E-state index in [-0.39, 0.29) is 11.3 Å². The van der Waals surface area contributed by atoms with Gasteiger partial charge in [-0.2, -0.15) is 15.0 Å². The molecule has 1 N–H and O–H groups in total. The lowest BCUT2D eigenvalue weighted by Crippen LogP contribution is -2.23. The normalized spacial score (nSPS) is 23.7. The first kappa shape index (κ1) is 12.4. The third kappa shape index (κ3) is 3.19. The van der Waals surface area contributed by atoms with Crippen molar-refractivity contribution in [2.75, 3.05) is 11.9 Å². The topological polar surface area (TPSA) is 59.9 Å². The Hall–Kier alpha value is -1.10. The van der Waals surface area contributed by atoms with E-state index in [0.717, 1.165) is 6.42 Å². The van der Waals surface area contributed by atoms with Crippen LogP contribution in [0.5, 0.6) is 6.01 Å². The van der Waals surface area contributed by atoms with E-state index in [2.05, 4.69) is 27.2 Å². The fourth-order valence-electron chi connectivity index (χ4n) is 2.12. The SMILES string of the molecule is CCOc1nc(Cl)nc(NC2CCCC2C)n1. The molecule has 1 heterocycles. The van der Waals surface area contributed by atoms with Gasteiger partial charge in [-0.25, -0.2) is 0 Å². The van der Waals surface area contributed by atoms with E-state index < -0.39 is 0 Å². The molecule has 0 aromatic carbocycles. The second kappa shape index (κ2) is 5.49. The van der Waals surface area contributed by atoms with Gasteiger partial charge in [0.2, 0.25) is 11.2 Å². The van der Waals surface area contributed by atoms with Crippen molar-refractivity contribution in [1.82, 2.24) is 15.0 Å². The average molecular weight is 257 g/mol. The van der Waals surface area contributed by atoms with Gasteiger partial charge in [0.05, 0.1) is 6.61 Å². The van der Waals surface area contributed by atoms with Gasteiger partial charge in [0.25, 0.3) is 0 Å². The molecule has 94 valence electrons. The van der Waals surface area contributed by atoms with Gasteiger partial charge in [-0.3, -0.25) is 0 Å². The minimum absolute atomic E-state index is 0.164. The minimum atomic E-state index is 0.164. The summed E-state index contributed by atoms with van der Waals surface area (Å²) in [6.07, 6.45) is 3.64. The lowest BCUT2D eigenvalue weighted by atomic mass is 10.1. The molecule has 5 nitrogen and oxygen atoms in total. The van der Waals surface area contributed by atoms with Crippen molar-refractivity contribution in [2.24, 2.45) is 5.92 Å². The minimum Gasteiger partial charge on any atom is -0.464 e. The fourth-order valence-corrected chi connectivity index (χ4v) is 2.27. The van der Waals surface area contributed by atoms with Gasteiger partial charge >= 0.3 is 6.01 Å². The van der Waals surface area contributed by atoms with Gasteiger partial charge in [-0.15, -0.1) is 0 Å². The van der Waals surface area contributed by atoms with Gasteiger partial charge < -0.3 is 10.1 Å². The van der Waals surface area contributed by atoms with E-state index in [1.165, 1.54) is 12.8 Å². The molecule has 1 aliphatic rings. The Bertz CT molecular complexity index is 388. The molecule has 0 amide bonds. The van der Waals surface area contributed by atoms with Crippen LogP contribution in [0.2, 0.25) is 5.28 Å². The molecule has 1 aromatic heterocycles. The molecule has 1 aromatic rings. The number of ether oxygens (including phenoxy) is 1. The van der Waals surface area contributed by atoms with E-state index >= 15 is 0 Å². The molecule has 0 radical (unpaired) electrons. The summed E-state index contributed by atoms with van der Waals surface area (Å²) in [6, 6.07) is 0.698. The lowest BCUT2D eigenvalue weighted by Gasteiger charge is -2.17. The van der Waals surface area contributed by atoms with Crippen LogP contribution in [-0.2, 0) is 0 Å². The van der Waals surface area contributed by atoms with Gasteiger partial charge in [-0.1, -0.05) is 13.3 Å². The van der Waals surface area contributed by atoms with E-state index in [9.17, 15) is 0 Å². The molecule has 2 unspecified atom stereocenters. The van der Waals surface area contributed by atoms with Crippen molar-refractivity contribution >= 4 is 17.5 Å². The Morgan fingerprint density at radius 1 is 1.35 bits per heavy atom. The van der Waals surface area contributed by atoms with Crippen LogP contribution in [0.1, 0.15) is 33.1 Å². The van der Waals surface area contributed by atoms with Gasteiger partial charge in [0.1, 0.15) is 0 Å². The maximum absolute atomic E-state index is 5.83. The number of aromatic nitrogens is 3. The van der Waals surface area contributed by atoms with Crippen LogP contribution >= 0.6 is 11.6 Å². The number of halogens is 1. The second-order valence-corrected chi connectivity index (χ2v) is 4.64. The van der Waals surface area contributed by atoms with Gasteiger partial charge in [0, 0.05) is 6.04 Å². The summed E-state index contributed by atoms with van der Waals surface area (Å²) < 4.78 is 5.23. The molecule has 1 saturated carbocycles. The second-order valence-electron chi connectivity index (χ2n) is 4.30. The molecule has 0 aliphatic heterocycles. The predicted octanol–water partition coefficient (Wildman–Crippen LogP) is 2.52. The number of nitrogens with zero attached hydrogens (tertiary/aromatic N) is 3. The quantitative estimate of drug-likeness (QED) is 0.897. The monoisotopic (exact) mass is 256 g/mol. The molecule has 0 spiro atoms. The molecule has 2 rings (SSSR count). The largest absolute Gasteiger partial charge is 0.464 e. The van der Waals surface area contributed by atoms with Crippen molar-refractivity contribution in [3.05, 3.63) is 5.28 Å². The Morgan fingerprint density at radius 2 is 2.18 bits per heavy atom. The Balaban J connectivity index is 2.09. The summed E-state index contributed by atoms with van der Waals surface area (Å²) in [5, 5.41) is 3.47. The fraction of sp³-hybridized carbons (Fsp3) is 0.727. The van der Waals surface area contributed by atoms with E-state index in [1.54, 1.807) is 0 Å². The van der Waals surface area contributed by atoms with Crippen molar-refractivity contribution in [1.29, 1.82) is 0 Å². The smallest absolute Gasteiger partial charge is 0.322 e. The number of hydrogen-bond acceptors (Lipinski definition) is 5. The van der Waals surface area contributed by atoms with Crippen molar-refractivity contribution in [3.8, 4) is 6.01 Å². The zero-order chi connectivity index (χ0) is 12.3. The summed E-state index contributed by atoms with van der Waals surface area (Å²) in [5.74, 6) is 1.15. The van der Waals surface area contributed by atoms with Crippen LogP contribution in [0, 0.1) is 5.92 Å². The zero-order valence-corrected chi connectivity index (χ0v) is 10.9. The third-order valence-electron chi connectivity index (χ3n) is 3.04. The van der Waals surface area contributed by atoms with Crippen LogP contribution in [0.3, 0.4) is 0 Å².